The predicted octanol–water partition coefficient (Wildman–Crippen LogP) is 8.73. The summed E-state index contributed by atoms with van der Waals surface area (Å²) in [6, 6.07) is 22.5. The molecule has 0 bridgehead atoms. The van der Waals surface area contributed by atoms with Crippen molar-refractivity contribution in [3.63, 3.8) is 0 Å². The van der Waals surface area contributed by atoms with Crippen molar-refractivity contribution in [1.82, 2.24) is 10.6 Å². The molecular formula is C43H52N2O8S2. The molecule has 0 spiro atoms. The average molecular weight is 789 g/mol. The number of alkyl carbamates (subject to hydrolysis) is 2. The van der Waals surface area contributed by atoms with E-state index in [0.29, 0.717) is 11.8 Å². The van der Waals surface area contributed by atoms with E-state index in [0.717, 1.165) is 41.5 Å². The van der Waals surface area contributed by atoms with Gasteiger partial charge in [-0.1, -0.05) is 101 Å². The molecule has 5 atom stereocenters. The van der Waals surface area contributed by atoms with Crippen LogP contribution < -0.4 is 10.6 Å². The Hall–Kier alpha value is -4.16. The van der Waals surface area contributed by atoms with Crippen molar-refractivity contribution in [2.75, 3.05) is 24.7 Å². The van der Waals surface area contributed by atoms with E-state index >= 15 is 0 Å². The Bertz CT molecular complexity index is 1830. The van der Waals surface area contributed by atoms with E-state index in [1.165, 1.54) is 32.7 Å². The highest BCUT2D eigenvalue weighted by Gasteiger charge is 2.43. The van der Waals surface area contributed by atoms with Crippen LogP contribution in [0.25, 0.3) is 11.1 Å². The first-order chi connectivity index (χ1) is 26.2. The molecule has 1 fully saturated rings. The van der Waals surface area contributed by atoms with Gasteiger partial charge in [0.1, 0.15) is 36.5 Å². The van der Waals surface area contributed by atoms with Gasteiger partial charge in [-0.05, 0) is 99.6 Å². The summed E-state index contributed by atoms with van der Waals surface area (Å²) in [4.78, 5) is 52.9. The second-order valence-electron chi connectivity index (χ2n) is 16.4. The quantitative estimate of drug-likeness (QED) is 0.0751. The molecule has 0 heterocycles. The number of carbonyl (C=O) groups is 4. The SMILES string of the molecule is CC(C)(C)OC(=O)[C@H](CSSC[C@H](NC(=O)OC[C@@H]1c2ccccc2[C@H]2CCC[C@@H]21)C(=O)OC(C)(C)C)NC(=O)OCC1c2ccccc2-c2ccccc21. The molecule has 0 radical (unpaired) electrons. The monoisotopic (exact) mass is 788 g/mol. The molecular weight excluding hydrogens is 737 g/mol. The van der Waals surface area contributed by atoms with Gasteiger partial charge in [-0.25, -0.2) is 19.2 Å². The lowest BCUT2D eigenvalue weighted by atomic mass is 9.90. The first kappa shape index (κ1) is 40.5. The normalized spacial score (nSPS) is 19.6. The van der Waals surface area contributed by atoms with Crippen LogP contribution in [0.1, 0.15) is 101 Å². The van der Waals surface area contributed by atoms with Gasteiger partial charge in [0, 0.05) is 23.3 Å². The van der Waals surface area contributed by atoms with Crippen molar-refractivity contribution in [3.8, 4) is 11.1 Å². The fourth-order valence-corrected chi connectivity index (χ4v) is 10.2. The highest BCUT2D eigenvalue weighted by Crippen LogP contribution is 2.54. The molecule has 3 aliphatic rings. The lowest BCUT2D eigenvalue weighted by Gasteiger charge is -2.25. The molecule has 55 heavy (non-hydrogen) atoms. The number of benzene rings is 3. The molecule has 2 N–H and O–H groups in total. The van der Waals surface area contributed by atoms with E-state index in [-0.39, 0.29) is 36.6 Å². The summed E-state index contributed by atoms with van der Waals surface area (Å²) in [6.45, 7) is 10.9. The van der Waals surface area contributed by atoms with Crippen LogP contribution in [-0.2, 0) is 28.5 Å². The third kappa shape index (κ3) is 10.2. The standard InChI is InChI=1S/C43H52N2O8S2/c1-42(2,3)52-38(46)36(44-40(48)50-22-34-30-17-10-7-14-26(30)27-15-8-11-18-31(27)34)24-54-55-25-37(39(47)53-43(4,5)6)45-41(49)51-23-35-32-19-12-9-16-28(32)29-20-13-21-33(29)35/h7-12,14-19,29,33-37H,13,20-25H2,1-6H3,(H,44,48)(H,45,49)/t29-,33+,35-,36+,37+/m1/s1. The fraction of sp³-hybridized carbons (Fsp3) is 0.488. The van der Waals surface area contributed by atoms with E-state index in [1.807, 2.05) is 42.5 Å². The van der Waals surface area contributed by atoms with Crippen LogP contribution in [0.5, 0.6) is 0 Å². The number of fused-ring (bicyclic) bond motifs is 6. The van der Waals surface area contributed by atoms with Crippen LogP contribution in [-0.4, -0.2) is 72.1 Å². The van der Waals surface area contributed by atoms with Crippen LogP contribution in [0, 0.1) is 5.92 Å². The smallest absolute Gasteiger partial charge is 0.407 e. The highest BCUT2D eigenvalue weighted by atomic mass is 33.1. The van der Waals surface area contributed by atoms with Gasteiger partial charge in [-0.3, -0.25) is 0 Å². The Morgan fingerprint density at radius 2 is 1.09 bits per heavy atom. The van der Waals surface area contributed by atoms with Crippen LogP contribution >= 0.6 is 21.6 Å². The second-order valence-corrected chi connectivity index (χ2v) is 18.9. The molecule has 1 saturated carbocycles. The van der Waals surface area contributed by atoms with E-state index < -0.39 is 47.4 Å². The van der Waals surface area contributed by atoms with Crippen molar-refractivity contribution < 1.29 is 38.1 Å². The highest BCUT2D eigenvalue weighted by molar-refractivity contribution is 8.76. The zero-order valence-corrected chi connectivity index (χ0v) is 34.1. The number of esters is 2. The molecule has 0 aliphatic heterocycles. The van der Waals surface area contributed by atoms with Crippen LogP contribution in [0.15, 0.2) is 72.8 Å². The largest absolute Gasteiger partial charge is 0.458 e. The van der Waals surface area contributed by atoms with Gasteiger partial charge in [0.2, 0.25) is 0 Å². The minimum Gasteiger partial charge on any atom is -0.458 e. The summed E-state index contributed by atoms with van der Waals surface area (Å²) < 4.78 is 22.8. The van der Waals surface area contributed by atoms with Gasteiger partial charge < -0.3 is 29.6 Å². The Morgan fingerprint density at radius 1 is 0.636 bits per heavy atom. The lowest BCUT2D eigenvalue weighted by Crippen LogP contribution is -2.46. The van der Waals surface area contributed by atoms with Gasteiger partial charge >= 0.3 is 24.1 Å². The van der Waals surface area contributed by atoms with Crippen LogP contribution in [0.3, 0.4) is 0 Å². The summed E-state index contributed by atoms with van der Waals surface area (Å²) in [7, 11) is 2.51. The number of nitrogens with one attached hydrogen (secondary N) is 2. The Balaban J connectivity index is 1.04. The van der Waals surface area contributed by atoms with Gasteiger partial charge in [-0.2, -0.15) is 0 Å². The molecule has 0 aromatic heterocycles. The molecule has 10 nitrogen and oxygen atoms in total. The molecule has 3 aromatic rings. The Morgan fingerprint density at radius 3 is 1.60 bits per heavy atom. The molecule has 2 amide bonds. The Labute approximate surface area is 331 Å². The first-order valence-electron chi connectivity index (χ1n) is 19.0. The van der Waals surface area contributed by atoms with Crippen molar-refractivity contribution in [2.24, 2.45) is 5.92 Å². The van der Waals surface area contributed by atoms with Gasteiger partial charge in [0.05, 0.1) is 0 Å². The number of amides is 2. The molecule has 0 unspecified atom stereocenters. The molecule has 3 aromatic carbocycles. The number of hydrogen-bond donors (Lipinski definition) is 2. The molecule has 6 rings (SSSR count). The van der Waals surface area contributed by atoms with Gasteiger partial charge in [0.25, 0.3) is 0 Å². The number of rotatable bonds is 13. The maximum Gasteiger partial charge on any atom is 0.407 e. The maximum atomic E-state index is 13.3. The third-order valence-corrected chi connectivity index (χ3v) is 12.6. The average Bonchev–Trinajstić information content (AvgIpc) is 3.81. The molecule has 3 aliphatic carbocycles. The minimum absolute atomic E-state index is 0.0939. The summed E-state index contributed by atoms with van der Waals surface area (Å²) >= 11 is 0. The van der Waals surface area contributed by atoms with E-state index in [4.69, 9.17) is 18.9 Å². The zero-order valence-electron chi connectivity index (χ0n) is 32.4. The number of hydrogen-bond acceptors (Lipinski definition) is 10. The molecule has 0 saturated heterocycles. The number of ether oxygens (including phenoxy) is 4. The predicted molar refractivity (Wildman–Crippen MR) is 216 cm³/mol. The van der Waals surface area contributed by atoms with E-state index in [9.17, 15) is 19.2 Å². The fourth-order valence-electron chi connectivity index (χ4n) is 7.93. The van der Waals surface area contributed by atoms with E-state index in [2.05, 4.69) is 41.0 Å². The van der Waals surface area contributed by atoms with Crippen LogP contribution in [0.4, 0.5) is 9.59 Å². The molecule has 12 heteroatoms. The Kier molecular flexibility index (Phi) is 12.8. The lowest BCUT2D eigenvalue weighted by molar-refractivity contribution is -0.157. The maximum absolute atomic E-state index is 13.3. The van der Waals surface area contributed by atoms with Crippen molar-refractivity contribution in [1.29, 1.82) is 0 Å². The zero-order chi connectivity index (χ0) is 39.3. The van der Waals surface area contributed by atoms with Gasteiger partial charge in [0.15, 0.2) is 0 Å². The summed E-state index contributed by atoms with van der Waals surface area (Å²) in [6.07, 6.45) is 1.98. The van der Waals surface area contributed by atoms with Gasteiger partial charge in [-0.15, -0.1) is 0 Å². The van der Waals surface area contributed by atoms with Crippen LogP contribution in [0.2, 0.25) is 0 Å². The van der Waals surface area contributed by atoms with Crippen molar-refractivity contribution >= 4 is 45.7 Å². The molecule has 294 valence electrons. The second kappa shape index (κ2) is 17.3. The number of carbonyl (C=O) groups excluding carboxylic acids is 4. The topological polar surface area (TPSA) is 129 Å². The third-order valence-electron chi connectivity index (χ3n) is 10.1. The minimum atomic E-state index is -1.04. The van der Waals surface area contributed by atoms with Crippen molar-refractivity contribution in [2.45, 2.75) is 102 Å². The first-order valence-corrected chi connectivity index (χ1v) is 21.5. The summed E-state index contributed by atoms with van der Waals surface area (Å²) in [5.41, 5.74) is 5.41. The summed E-state index contributed by atoms with van der Waals surface area (Å²) in [5, 5.41) is 5.43. The van der Waals surface area contributed by atoms with Crippen molar-refractivity contribution in [3.05, 3.63) is 95.1 Å². The summed E-state index contributed by atoms with van der Waals surface area (Å²) in [5.74, 6) is -0.0553. The van der Waals surface area contributed by atoms with E-state index in [1.54, 1.807) is 41.5 Å².